The summed E-state index contributed by atoms with van der Waals surface area (Å²) in [6.07, 6.45) is -3.07. The number of rotatable bonds is 61. The average Bonchev–Trinajstić information content (AvgIpc) is 1.55. The molecule has 134 heavy (non-hydrogen) atoms. The van der Waals surface area contributed by atoms with Gasteiger partial charge in [-0.05, 0) is 137 Å². The molecule has 3 rings (SSSR count). The summed E-state index contributed by atoms with van der Waals surface area (Å²) < 4.78 is 0. The molecule has 0 aliphatic rings. The molecule has 0 fully saturated rings. The Morgan fingerprint density at radius 1 is 0.366 bits per heavy atom. The van der Waals surface area contributed by atoms with E-state index in [0.29, 0.717) is 11.1 Å². The van der Waals surface area contributed by atoms with Crippen LogP contribution in [-0.4, -0.2) is 272 Å². The van der Waals surface area contributed by atoms with Gasteiger partial charge in [0.25, 0.3) is 0 Å². The Balaban J connectivity index is 2.02. The lowest BCUT2D eigenvalue weighted by molar-refractivity contribution is -0.138. The van der Waals surface area contributed by atoms with Crippen molar-refractivity contribution in [3.63, 3.8) is 0 Å². The molecule has 0 spiro atoms. The molecule has 0 radical (unpaired) electrons. The summed E-state index contributed by atoms with van der Waals surface area (Å²) in [5, 5.41) is 107. The first-order valence-corrected chi connectivity index (χ1v) is 43.8. The second kappa shape index (κ2) is 58.0. The van der Waals surface area contributed by atoms with Crippen molar-refractivity contribution in [2.45, 2.75) is 262 Å². The number of nitrogens with one attached hydrogen (secondary N) is 21. The van der Waals surface area contributed by atoms with Crippen LogP contribution in [0.2, 0.25) is 0 Å². The van der Waals surface area contributed by atoms with Crippen LogP contribution in [0.25, 0.3) is 0 Å². The quantitative estimate of drug-likeness (QED) is 0.0142. The maximum Gasteiger partial charge on any atom is 0.245 e. The third kappa shape index (κ3) is 43.3. The van der Waals surface area contributed by atoms with Gasteiger partial charge in [-0.3, -0.25) is 97.7 Å². The highest BCUT2D eigenvalue weighted by atomic mass is 16.3. The van der Waals surface area contributed by atoms with Crippen LogP contribution in [0.1, 0.15) is 163 Å². The normalized spacial score (nSPS) is 14.8. The van der Waals surface area contributed by atoms with E-state index in [2.05, 4.69) is 100 Å². The standard InChI is InChI=1S/C84H137N29O21/c1-40(2)30-56(107-79(132)62(38-114)111-68(121)44(9)85)73(126)101-52(15-12-28-97-83(91)92)71(124)109-60(35-48-37-95-39-99-48)76(129)108-59(34-47-19-23-50(117)24-20-47)75(128)105-57(31-41(3)4)74(127)110-61(36-64(87)119)77(130)106-58(32-42(5)6)78(131)112-65(43(7)8)80(133)113-66(45(10)115)81(134)103-53(16-13-29-98-84(93)94)69(122)102-54(25-26-63(86)118)72(125)100-51(14-11-27-96-82(89)90)70(123)104-55(67(88)120)33-46-17-21-49(116)22-18-46/h17-24,37,39-45,51-62,65-66,114-117H,11-16,25-36,38,85H2,1-10H3,(H2,86,118)(H2,87,119)(H2,88,120)(H,95,99)(H,100,125)(H,101,126)(H,102,122)(H,103,134)(H,104,123)(H,105,128)(H,106,130)(H,107,132)(H,108,129)(H,109,124)(H,110,127)(H,111,121)(H,112,131)(H,113,133)(H4,89,90,96)(H4,91,92,97)(H4,93,94,98)/t44-,45+,51-,52-,53-,54-,55-,56-,57-,58-,59-,60-,61-,62-,65-,66-/m0/s1. The number of aromatic nitrogens is 2. The van der Waals surface area contributed by atoms with E-state index in [1.165, 1.54) is 81.8 Å². The summed E-state index contributed by atoms with van der Waals surface area (Å²) in [6.45, 7) is 14.6. The number of carbonyl (C=O) groups is 17. The number of hydrogen-bond donors (Lipinski definition) is 32. The van der Waals surface area contributed by atoms with Crippen LogP contribution in [0.4, 0.5) is 0 Å². The van der Waals surface area contributed by atoms with Crippen LogP contribution in [0.5, 0.6) is 11.5 Å². The number of imidazole rings is 1. The Morgan fingerprint density at radius 3 is 1.01 bits per heavy atom. The van der Waals surface area contributed by atoms with Gasteiger partial charge in [0.15, 0.2) is 17.9 Å². The Bertz CT molecular complexity index is 4460. The molecule has 0 bridgehead atoms. The fraction of sp³-hybridized carbons (Fsp3) is 0.583. The van der Waals surface area contributed by atoms with E-state index in [4.69, 9.17) is 56.4 Å². The number of benzene rings is 2. The molecular weight excluding hydrogens is 1750 g/mol. The largest absolute Gasteiger partial charge is 0.508 e. The highest BCUT2D eigenvalue weighted by Gasteiger charge is 2.41. The Kier molecular flexibility index (Phi) is 49.4. The van der Waals surface area contributed by atoms with Crippen molar-refractivity contribution in [1.82, 2.24) is 100 Å². The molecule has 39 N–H and O–H groups in total. The average molecular weight is 1890 g/mol. The number of phenolic OH excluding ortho intramolecular Hbond substituents is 2. The van der Waals surface area contributed by atoms with E-state index in [1.54, 1.807) is 41.5 Å². The van der Waals surface area contributed by atoms with Crippen LogP contribution in [0.15, 0.2) is 61.1 Å². The number of guanidine groups is 3. The van der Waals surface area contributed by atoms with E-state index < -0.39 is 259 Å². The molecule has 50 nitrogen and oxygen atoms in total. The Labute approximate surface area is 775 Å². The van der Waals surface area contributed by atoms with Gasteiger partial charge < -0.3 is 156 Å². The number of primary amides is 3. The smallest absolute Gasteiger partial charge is 0.245 e. The van der Waals surface area contributed by atoms with Crippen molar-refractivity contribution in [3.05, 3.63) is 77.9 Å². The molecule has 3 aromatic rings. The van der Waals surface area contributed by atoms with Crippen molar-refractivity contribution < 1.29 is 102 Å². The molecule has 0 aliphatic carbocycles. The molecule has 1 heterocycles. The number of H-pyrrole nitrogens is 1. The SMILES string of the molecule is CC(C)C[C@H](NC(=O)[C@H](CO)NC(=O)[C@H](C)N)C(=O)N[C@@H](CCCNC(=N)N)C(=O)N[C@@H](Cc1c[nH]cn1)C(=O)N[C@@H](Cc1ccc(O)cc1)C(=O)N[C@@H](CC(C)C)C(=O)N[C@@H](CC(N)=O)C(=O)N[C@@H](CC(C)C)C(=O)N[C@H](C(=O)N[C@H](C(=O)N[C@@H](CCCNC(=N)N)C(=O)N[C@@H](CCC(N)=O)C(=O)N[C@@H](CCCNC(=N)N)C(=O)N[C@@H](Cc1ccc(O)cc1)C(N)=O)[C@@H](C)O)C(C)C. The number of aromatic amines is 1. The second-order valence-electron chi connectivity index (χ2n) is 34.1. The topological polar surface area (TPSA) is 858 Å². The summed E-state index contributed by atoms with van der Waals surface area (Å²) in [5.74, 6) is -21.2. The van der Waals surface area contributed by atoms with E-state index >= 15 is 9.59 Å². The predicted molar refractivity (Wildman–Crippen MR) is 487 cm³/mol. The van der Waals surface area contributed by atoms with Crippen molar-refractivity contribution >= 4 is 118 Å². The van der Waals surface area contributed by atoms with Gasteiger partial charge in [-0.2, -0.15) is 0 Å². The molecule has 0 saturated heterocycles. The molecule has 16 atom stereocenters. The first kappa shape index (κ1) is 114. The number of phenols is 2. The number of nitrogens with zero attached hydrogens (tertiary/aromatic N) is 1. The zero-order valence-corrected chi connectivity index (χ0v) is 77.0. The molecule has 0 saturated carbocycles. The number of aromatic hydroxyl groups is 2. The number of carbonyl (C=O) groups excluding carboxylic acids is 17. The number of aliphatic hydroxyl groups is 2. The van der Waals surface area contributed by atoms with Gasteiger partial charge in [-0.1, -0.05) is 79.7 Å². The predicted octanol–water partition coefficient (Wildman–Crippen LogP) is -8.43. The number of hydrogen-bond acceptors (Lipinski definition) is 26. The number of nitrogens with two attached hydrogens (primary N) is 7. The maximum absolute atomic E-state index is 15.0. The van der Waals surface area contributed by atoms with Crippen molar-refractivity contribution in [1.29, 1.82) is 16.2 Å². The first-order valence-electron chi connectivity index (χ1n) is 43.8. The lowest BCUT2D eigenvalue weighted by atomic mass is 9.98. The summed E-state index contributed by atoms with van der Waals surface area (Å²) in [6, 6.07) is -12.8. The summed E-state index contributed by atoms with van der Waals surface area (Å²) in [5.41, 5.74) is 40.0. The first-order chi connectivity index (χ1) is 62.9. The summed E-state index contributed by atoms with van der Waals surface area (Å²) >= 11 is 0. The minimum Gasteiger partial charge on any atom is -0.508 e. The highest BCUT2D eigenvalue weighted by molar-refractivity contribution is 6.02. The molecule has 744 valence electrons. The van der Waals surface area contributed by atoms with Crippen molar-refractivity contribution in [2.75, 3.05) is 26.2 Å². The summed E-state index contributed by atoms with van der Waals surface area (Å²) in [4.78, 5) is 246. The highest BCUT2D eigenvalue weighted by Crippen LogP contribution is 2.19. The van der Waals surface area contributed by atoms with Crippen LogP contribution in [-0.2, 0) is 101 Å². The molecule has 50 heteroatoms. The maximum atomic E-state index is 15.0. The van der Waals surface area contributed by atoms with Crippen LogP contribution >= 0.6 is 0 Å². The van der Waals surface area contributed by atoms with Gasteiger partial charge in [0, 0.05) is 51.5 Å². The lowest BCUT2D eigenvalue weighted by Gasteiger charge is -2.30. The van der Waals surface area contributed by atoms with Crippen molar-refractivity contribution in [2.24, 2.45) is 63.8 Å². The number of amides is 17. The molecule has 1 aromatic heterocycles. The van der Waals surface area contributed by atoms with E-state index in [9.17, 15) is 92.3 Å². The van der Waals surface area contributed by atoms with Crippen LogP contribution < -0.4 is 131 Å². The van der Waals surface area contributed by atoms with E-state index in [1.807, 2.05) is 0 Å². The fourth-order valence-electron chi connectivity index (χ4n) is 13.4. The molecule has 0 unspecified atom stereocenters. The van der Waals surface area contributed by atoms with Gasteiger partial charge in [-0.25, -0.2) is 4.98 Å². The third-order valence-corrected chi connectivity index (χ3v) is 20.4. The van der Waals surface area contributed by atoms with Crippen molar-refractivity contribution in [3.8, 4) is 11.5 Å². The van der Waals surface area contributed by atoms with Gasteiger partial charge in [-0.15, -0.1) is 0 Å². The fourth-order valence-corrected chi connectivity index (χ4v) is 13.4. The Hall–Kier alpha value is -14.1. The number of aliphatic hydroxyl groups excluding tert-OH is 2. The summed E-state index contributed by atoms with van der Waals surface area (Å²) in [7, 11) is 0. The second-order valence-corrected chi connectivity index (χ2v) is 34.1. The van der Waals surface area contributed by atoms with Gasteiger partial charge in [0.05, 0.1) is 37.2 Å². The molecule has 2 aromatic carbocycles. The Morgan fingerprint density at radius 2 is 0.672 bits per heavy atom. The minimum absolute atomic E-state index is 0.00648. The third-order valence-electron chi connectivity index (χ3n) is 20.4. The van der Waals surface area contributed by atoms with Gasteiger partial charge in [0.1, 0.15) is 96.1 Å². The zero-order chi connectivity index (χ0) is 101. The molecular formula is C84H137N29O21. The van der Waals surface area contributed by atoms with Gasteiger partial charge in [0.2, 0.25) is 100 Å². The van der Waals surface area contributed by atoms with Crippen LogP contribution in [0.3, 0.4) is 0 Å². The van der Waals surface area contributed by atoms with Gasteiger partial charge >= 0.3 is 0 Å². The lowest BCUT2D eigenvalue weighted by Crippen LogP contribution is -2.63. The minimum atomic E-state index is -1.96. The van der Waals surface area contributed by atoms with E-state index in [0.717, 1.165) is 6.92 Å². The molecule has 0 aliphatic heterocycles. The zero-order valence-electron chi connectivity index (χ0n) is 77.0. The van der Waals surface area contributed by atoms with Crippen LogP contribution in [0, 0.1) is 39.9 Å². The monoisotopic (exact) mass is 1890 g/mol. The van der Waals surface area contributed by atoms with E-state index in [-0.39, 0.29) is 120 Å². The molecule has 17 amide bonds.